The molecule has 0 amide bonds. The minimum Gasteiger partial charge on any atom is -0.406 e. The molecule has 0 bridgehead atoms. The van der Waals surface area contributed by atoms with Gasteiger partial charge in [0.05, 0.1) is 11.3 Å². The second kappa shape index (κ2) is 8.64. The summed E-state index contributed by atoms with van der Waals surface area (Å²) in [6.45, 7) is 0.596. The van der Waals surface area contributed by atoms with E-state index >= 15 is 0 Å². The number of alkyl halides is 3. The summed E-state index contributed by atoms with van der Waals surface area (Å²) in [5.41, 5.74) is 2.12. The van der Waals surface area contributed by atoms with Crippen LogP contribution in [0.3, 0.4) is 0 Å². The number of benzene rings is 2. The molecule has 2 aromatic heterocycles. The van der Waals surface area contributed by atoms with E-state index in [1.807, 2.05) is 34.9 Å². The van der Waals surface area contributed by atoms with Crippen LogP contribution in [-0.2, 0) is 13.0 Å². The Morgan fingerprint density at radius 2 is 1.94 bits per heavy atom. The van der Waals surface area contributed by atoms with Gasteiger partial charge in [-0.25, -0.2) is 9.97 Å². The summed E-state index contributed by atoms with van der Waals surface area (Å²) in [6, 6.07) is 13.6. The molecule has 160 valence electrons. The first-order valence-corrected chi connectivity index (χ1v) is 10.2. The molecule has 0 aliphatic heterocycles. The van der Waals surface area contributed by atoms with Crippen molar-refractivity contribution in [2.75, 3.05) is 0 Å². The average molecular weight is 466 g/mol. The first-order chi connectivity index (χ1) is 14.8. The summed E-state index contributed by atoms with van der Waals surface area (Å²) >= 11 is 7.18. The molecule has 2 N–H and O–H groups in total. The Bertz CT molecular complexity index is 1270. The molecule has 4 aromatic rings. The number of H-pyrrole nitrogens is 1. The molecule has 4 rings (SSSR count). The zero-order chi connectivity index (χ0) is 22.0. The Balaban J connectivity index is 1.61. The monoisotopic (exact) mass is 465 g/mol. The van der Waals surface area contributed by atoms with Crippen LogP contribution < -0.4 is 10.2 Å². The van der Waals surface area contributed by atoms with Gasteiger partial charge in [0.2, 0.25) is 0 Å². The van der Waals surface area contributed by atoms with Crippen molar-refractivity contribution >= 4 is 34.5 Å². The number of hydrogen-bond acceptors (Lipinski definition) is 5. The number of aryl methyl sites for hydroxylation is 2. The predicted molar refractivity (Wildman–Crippen MR) is 110 cm³/mol. The fourth-order valence-electron chi connectivity index (χ4n) is 2.93. The molecule has 0 saturated carbocycles. The molecule has 0 aliphatic rings. The lowest BCUT2D eigenvalue weighted by atomic mass is 10.1. The van der Waals surface area contributed by atoms with E-state index in [1.54, 1.807) is 6.33 Å². The van der Waals surface area contributed by atoms with Crippen molar-refractivity contribution in [1.29, 1.82) is 5.41 Å². The second-order valence-corrected chi connectivity index (χ2v) is 7.94. The fraction of sp³-hybridized carbons (Fsp3) is 0.150. The van der Waals surface area contributed by atoms with Gasteiger partial charge in [0.25, 0.3) is 0 Å². The molecule has 0 unspecified atom stereocenters. The summed E-state index contributed by atoms with van der Waals surface area (Å²) in [5, 5.41) is 8.67. The molecule has 2 aromatic carbocycles. The van der Waals surface area contributed by atoms with Gasteiger partial charge in [-0.1, -0.05) is 53.7 Å². The van der Waals surface area contributed by atoms with Gasteiger partial charge in [-0.2, -0.15) is 0 Å². The Morgan fingerprint density at radius 3 is 2.68 bits per heavy atom. The van der Waals surface area contributed by atoms with Crippen LogP contribution in [0.4, 0.5) is 13.2 Å². The molecule has 0 saturated heterocycles. The molecule has 0 radical (unpaired) electrons. The van der Waals surface area contributed by atoms with Gasteiger partial charge in [-0.3, -0.25) is 5.41 Å². The van der Waals surface area contributed by atoms with E-state index < -0.39 is 6.36 Å². The third-order valence-electron chi connectivity index (χ3n) is 4.33. The Hall–Kier alpha value is -2.98. The topological polar surface area (TPSA) is 79.6 Å². The zero-order valence-corrected chi connectivity index (χ0v) is 17.4. The molecule has 11 heteroatoms. The lowest BCUT2D eigenvalue weighted by Crippen LogP contribution is -2.17. The lowest BCUT2D eigenvalue weighted by Gasteiger charge is -2.10. The smallest absolute Gasteiger partial charge is 0.406 e. The fourth-order valence-corrected chi connectivity index (χ4v) is 4.00. The standard InChI is InChI=1S/C20H15ClF3N5OS/c21-14-7-6-13(30-20(22,23)24)10-15(14)31-19-27-16-17(25)26-11-29(18(16)28-19)9-8-12-4-2-1-3-5-12/h1-7,10-11,25H,8-9H2,(H,27,28). The van der Waals surface area contributed by atoms with E-state index in [-0.39, 0.29) is 16.3 Å². The van der Waals surface area contributed by atoms with Crippen LogP contribution in [0.1, 0.15) is 5.56 Å². The first-order valence-electron chi connectivity index (χ1n) is 9.05. The number of aromatic nitrogens is 4. The van der Waals surface area contributed by atoms with Crippen molar-refractivity contribution in [1.82, 2.24) is 19.5 Å². The maximum atomic E-state index is 12.5. The van der Waals surface area contributed by atoms with Crippen molar-refractivity contribution in [3.05, 3.63) is 70.9 Å². The van der Waals surface area contributed by atoms with E-state index in [1.165, 1.54) is 12.1 Å². The number of fused-ring (bicyclic) bond motifs is 1. The Labute approximate surface area is 183 Å². The lowest BCUT2D eigenvalue weighted by molar-refractivity contribution is -0.274. The molecule has 31 heavy (non-hydrogen) atoms. The molecule has 0 spiro atoms. The van der Waals surface area contributed by atoms with E-state index in [9.17, 15) is 13.2 Å². The highest BCUT2D eigenvalue weighted by Gasteiger charge is 2.31. The number of nitrogens with one attached hydrogen (secondary N) is 2. The van der Waals surface area contributed by atoms with Crippen LogP contribution in [0, 0.1) is 5.41 Å². The summed E-state index contributed by atoms with van der Waals surface area (Å²) in [7, 11) is 0. The van der Waals surface area contributed by atoms with Crippen molar-refractivity contribution in [3.8, 4) is 5.75 Å². The van der Waals surface area contributed by atoms with Crippen LogP contribution in [-0.4, -0.2) is 25.9 Å². The van der Waals surface area contributed by atoms with Crippen molar-refractivity contribution in [2.24, 2.45) is 0 Å². The minimum absolute atomic E-state index is 0.0190. The van der Waals surface area contributed by atoms with Gasteiger partial charge < -0.3 is 14.3 Å². The molecular formula is C20H15ClF3N5OS. The van der Waals surface area contributed by atoms with Gasteiger partial charge in [-0.05, 0) is 30.2 Å². The Kier molecular flexibility index (Phi) is 5.92. The normalized spacial score (nSPS) is 11.7. The van der Waals surface area contributed by atoms with E-state index in [0.717, 1.165) is 29.8 Å². The number of hydrogen-bond donors (Lipinski definition) is 2. The maximum Gasteiger partial charge on any atom is 0.573 e. The predicted octanol–water partition coefficient (Wildman–Crippen LogP) is 5.18. The SMILES string of the molecule is N=c1ncn(CCc2ccccc2)c2nc(Sc3cc(OC(F)(F)F)ccc3Cl)[nH]c12. The maximum absolute atomic E-state index is 12.5. The van der Waals surface area contributed by atoms with Gasteiger partial charge in [-0.15, -0.1) is 13.2 Å². The highest BCUT2D eigenvalue weighted by Crippen LogP contribution is 2.36. The van der Waals surface area contributed by atoms with E-state index in [0.29, 0.717) is 27.8 Å². The highest BCUT2D eigenvalue weighted by atomic mass is 35.5. The van der Waals surface area contributed by atoms with Gasteiger partial charge >= 0.3 is 6.36 Å². The largest absolute Gasteiger partial charge is 0.573 e. The summed E-state index contributed by atoms with van der Waals surface area (Å²) in [4.78, 5) is 11.9. The number of imidazole rings is 1. The number of aromatic amines is 1. The van der Waals surface area contributed by atoms with Crippen molar-refractivity contribution < 1.29 is 17.9 Å². The molecule has 0 fully saturated rings. The molecule has 0 atom stereocenters. The minimum atomic E-state index is -4.80. The summed E-state index contributed by atoms with van der Waals surface area (Å²) in [5.74, 6) is -0.378. The van der Waals surface area contributed by atoms with Crippen molar-refractivity contribution in [2.45, 2.75) is 29.4 Å². The van der Waals surface area contributed by atoms with Crippen molar-refractivity contribution in [3.63, 3.8) is 0 Å². The number of rotatable bonds is 6. The quantitative estimate of drug-likeness (QED) is 0.411. The van der Waals surface area contributed by atoms with Gasteiger partial charge in [0.15, 0.2) is 16.3 Å². The van der Waals surface area contributed by atoms with Crippen LogP contribution in [0.15, 0.2) is 64.9 Å². The van der Waals surface area contributed by atoms with E-state index in [4.69, 9.17) is 17.0 Å². The molecule has 2 heterocycles. The number of nitrogens with zero attached hydrogens (tertiary/aromatic N) is 3. The zero-order valence-electron chi connectivity index (χ0n) is 15.8. The van der Waals surface area contributed by atoms with Gasteiger partial charge in [0, 0.05) is 11.4 Å². The van der Waals surface area contributed by atoms with Crippen LogP contribution in [0.2, 0.25) is 5.02 Å². The summed E-state index contributed by atoms with van der Waals surface area (Å²) < 4.78 is 43.3. The highest BCUT2D eigenvalue weighted by molar-refractivity contribution is 7.99. The number of halogens is 4. The first kappa shape index (κ1) is 21.3. The molecule has 6 nitrogen and oxygen atoms in total. The number of ether oxygens (including phenoxy) is 1. The Morgan fingerprint density at radius 1 is 1.16 bits per heavy atom. The third-order valence-corrected chi connectivity index (χ3v) is 5.71. The third kappa shape index (κ3) is 5.20. The van der Waals surface area contributed by atoms with Gasteiger partial charge in [0.1, 0.15) is 11.3 Å². The second-order valence-electron chi connectivity index (χ2n) is 6.50. The molecule has 0 aliphatic carbocycles. The summed E-state index contributed by atoms with van der Waals surface area (Å²) in [6.07, 6.45) is -2.50. The van der Waals surface area contributed by atoms with Crippen LogP contribution in [0.25, 0.3) is 11.2 Å². The van der Waals surface area contributed by atoms with Crippen LogP contribution in [0.5, 0.6) is 5.75 Å². The van der Waals surface area contributed by atoms with E-state index in [2.05, 4.69) is 19.7 Å². The van der Waals surface area contributed by atoms with Crippen LogP contribution >= 0.6 is 23.4 Å². The average Bonchev–Trinajstić information content (AvgIpc) is 3.14. The molecular weight excluding hydrogens is 451 g/mol.